The average molecular weight is 517 g/mol. The minimum atomic E-state index is -4.44. The summed E-state index contributed by atoms with van der Waals surface area (Å²) in [7, 11) is -4.44. The molecular weight excluding hydrogens is 500 g/mol. The van der Waals surface area contributed by atoms with Crippen molar-refractivity contribution < 1.29 is 26.4 Å². The number of hydrogen-bond acceptors (Lipinski definition) is 3. The van der Waals surface area contributed by atoms with Crippen molar-refractivity contribution in [1.82, 2.24) is 5.32 Å². The van der Waals surface area contributed by atoms with Gasteiger partial charge in [-0.1, -0.05) is 29.3 Å². The molecule has 1 N–H and O–H groups in total. The monoisotopic (exact) mass is 516 g/mol. The number of hydrogen-bond donors (Lipinski definition) is 1. The molecule has 0 aliphatic carbocycles. The summed E-state index contributed by atoms with van der Waals surface area (Å²) >= 11 is 11.8. The maximum Gasteiger partial charge on any atom is 0.265 e. The summed E-state index contributed by atoms with van der Waals surface area (Å²) in [6.45, 7) is 1.04. The first kappa shape index (κ1) is 24.9. The molecule has 5 nitrogen and oxygen atoms in total. The zero-order valence-corrected chi connectivity index (χ0v) is 19.4. The molecule has 0 aliphatic rings. The van der Waals surface area contributed by atoms with Gasteiger partial charge in [0.25, 0.3) is 10.0 Å². The number of nitrogens with zero attached hydrogens (tertiary/aromatic N) is 1. The molecule has 0 saturated carbocycles. The van der Waals surface area contributed by atoms with Gasteiger partial charge in [0.05, 0.1) is 10.6 Å². The summed E-state index contributed by atoms with van der Waals surface area (Å²) in [6, 6.07) is 10.1. The Morgan fingerprint density at radius 1 is 0.909 bits per heavy atom. The second kappa shape index (κ2) is 10.0. The number of amides is 1. The number of anilines is 1. The van der Waals surface area contributed by atoms with Crippen LogP contribution in [-0.2, 0) is 21.4 Å². The molecule has 1 unspecified atom stereocenters. The van der Waals surface area contributed by atoms with Gasteiger partial charge in [0.15, 0.2) is 11.6 Å². The predicted molar refractivity (Wildman–Crippen MR) is 120 cm³/mol. The standard InChI is InChI=1S/C22H17Cl2F3N2O3S/c1-13(22(30)28-12-14-2-8-18(25)20(27)10-14)29(21-11-16(24)5-9-19(21)26)33(31,32)17-6-3-15(23)4-7-17/h2-11,13H,12H2,1H3,(H,28,30). The van der Waals surface area contributed by atoms with E-state index in [-0.39, 0.29) is 27.0 Å². The number of halogens is 5. The van der Waals surface area contributed by atoms with Gasteiger partial charge in [0, 0.05) is 16.6 Å². The van der Waals surface area contributed by atoms with E-state index in [1.807, 2.05) is 0 Å². The Kier molecular flexibility index (Phi) is 7.56. The molecule has 33 heavy (non-hydrogen) atoms. The van der Waals surface area contributed by atoms with Crippen LogP contribution < -0.4 is 9.62 Å². The van der Waals surface area contributed by atoms with E-state index in [1.54, 1.807) is 0 Å². The van der Waals surface area contributed by atoms with Gasteiger partial charge in [-0.15, -0.1) is 0 Å². The number of benzene rings is 3. The highest BCUT2D eigenvalue weighted by atomic mass is 35.5. The van der Waals surface area contributed by atoms with Crippen molar-refractivity contribution in [3.05, 3.63) is 93.7 Å². The fourth-order valence-corrected chi connectivity index (χ4v) is 4.92. The quantitative estimate of drug-likeness (QED) is 0.462. The highest BCUT2D eigenvalue weighted by Gasteiger charge is 2.35. The highest BCUT2D eigenvalue weighted by Crippen LogP contribution is 2.31. The molecule has 0 fully saturated rings. The molecule has 0 aromatic heterocycles. The number of carbonyl (C=O) groups excluding carboxylic acids is 1. The Labute approximate surface area is 198 Å². The molecule has 174 valence electrons. The minimum absolute atomic E-state index is 0.0529. The van der Waals surface area contributed by atoms with Crippen molar-refractivity contribution in [2.75, 3.05) is 4.31 Å². The molecule has 3 aromatic rings. The summed E-state index contributed by atoms with van der Waals surface area (Å²) < 4.78 is 68.7. The Hall–Kier alpha value is -2.75. The molecule has 3 aromatic carbocycles. The van der Waals surface area contributed by atoms with E-state index < -0.39 is 45.1 Å². The van der Waals surface area contributed by atoms with Crippen LogP contribution >= 0.6 is 23.2 Å². The second-order valence-electron chi connectivity index (χ2n) is 6.99. The lowest BCUT2D eigenvalue weighted by Gasteiger charge is -2.30. The zero-order valence-electron chi connectivity index (χ0n) is 17.0. The lowest BCUT2D eigenvalue weighted by molar-refractivity contribution is -0.122. The Morgan fingerprint density at radius 2 is 1.52 bits per heavy atom. The summed E-state index contributed by atoms with van der Waals surface area (Å²) in [5.41, 5.74) is -0.191. The average Bonchev–Trinajstić information content (AvgIpc) is 2.77. The Balaban J connectivity index is 1.97. The third-order valence-corrected chi connectivity index (χ3v) is 7.08. The number of carbonyl (C=O) groups is 1. The van der Waals surface area contributed by atoms with E-state index in [1.165, 1.54) is 43.3 Å². The molecule has 0 radical (unpaired) electrons. The molecule has 0 spiro atoms. The van der Waals surface area contributed by atoms with E-state index in [9.17, 15) is 26.4 Å². The van der Waals surface area contributed by atoms with Crippen LogP contribution in [0.4, 0.5) is 18.9 Å². The highest BCUT2D eigenvalue weighted by molar-refractivity contribution is 7.93. The van der Waals surface area contributed by atoms with Crippen LogP contribution in [0.25, 0.3) is 0 Å². The first-order chi connectivity index (χ1) is 15.5. The molecule has 0 saturated heterocycles. The topological polar surface area (TPSA) is 66.5 Å². The van der Waals surface area contributed by atoms with Crippen LogP contribution in [0.5, 0.6) is 0 Å². The number of rotatable bonds is 7. The maximum absolute atomic E-state index is 14.7. The number of sulfonamides is 1. The fourth-order valence-electron chi connectivity index (χ4n) is 3.01. The summed E-state index contributed by atoms with van der Waals surface area (Å²) in [4.78, 5) is 12.6. The van der Waals surface area contributed by atoms with Gasteiger partial charge >= 0.3 is 0 Å². The molecule has 0 bridgehead atoms. The third-order valence-electron chi connectivity index (χ3n) is 4.70. The molecule has 11 heteroatoms. The minimum Gasteiger partial charge on any atom is -0.350 e. The van der Waals surface area contributed by atoms with E-state index in [0.717, 1.165) is 24.3 Å². The van der Waals surface area contributed by atoms with Crippen molar-refractivity contribution in [3.8, 4) is 0 Å². The molecular formula is C22H17Cl2F3N2O3S. The third kappa shape index (κ3) is 5.61. The summed E-state index contributed by atoms with van der Waals surface area (Å²) in [5, 5.41) is 2.79. The predicted octanol–water partition coefficient (Wildman–Crippen LogP) is 5.31. The van der Waals surface area contributed by atoms with Crippen LogP contribution in [0.1, 0.15) is 12.5 Å². The van der Waals surface area contributed by atoms with Gasteiger partial charge in [0.2, 0.25) is 5.91 Å². The van der Waals surface area contributed by atoms with Gasteiger partial charge in [-0.2, -0.15) is 0 Å². The second-order valence-corrected chi connectivity index (χ2v) is 9.68. The normalized spacial score (nSPS) is 12.3. The fraction of sp³-hybridized carbons (Fsp3) is 0.136. The van der Waals surface area contributed by atoms with Crippen LogP contribution in [0.3, 0.4) is 0 Å². The first-order valence-electron chi connectivity index (χ1n) is 9.47. The van der Waals surface area contributed by atoms with Crippen molar-refractivity contribution in [3.63, 3.8) is 0 Å². The molecule has 3 rings (SSSR count). The van der Waals surface area contributed by atoms with Gasteiger partial charge < -0.3 is 5.32 Å². The lowest BCUT2D eigenvalue weighted by Crippen LogP contribution is -2.48. The van der Waals surface area contributed by atoms with Gasteiger partial charge in [-0.05, 0) is 67.1 Å². The SMILES string of the molecule is CC(C(=O)NCc1ccc(F)c(F)c1)N(c1cc(Cl)ccc1F)S(=O)(=O)c1ccc(Cl)cc1. The van der Waals surface area contributed by atoms with E-state index in [0.29, 0.717) is 4.31 Å². The summed E-state index contributed by atoms with van der Waals surface area (Å²) in [6.07, 6.45) is 0. The molecule has 1 amide bonds. The first-order valence-corrected chi connectivity index (χ1v) is 11.7. The van der Waals surface area contributed by atoms with Gasteiger partial charge in [-0.3, -0.25) is 9.10 Å². The van der Waals surface area contributed by atoms with Crippen molar-refractivity contribution >= 4 is 44.8 Å². The van der Waals surface area contributed by atoms with Crippen LogP contribution in [0.15, 0.2) is 65.6 Å². The largest absolute Gasteiger partial charge is 0.350 e. The van der Waals surface area contributed by atoms with Gasteiger partial charge in [0.1, 0.15) is 11.9 Å². The van der Waals surface area contributed by atoms with Crippen molar-refractivity contribution in [1.29, 1.82) is 0 Å². The molecule has 0 heterocycles. The van der Waals surface area contributed by atoms with Gasteiger partial charge in [-0.25, -0.2) is 21.6 Å². The van der Waals surface area contributed by atoms with Crippen LogP contribution in [0, 0.1) is 17.5 Å². The van der Waals surface area contributed by atoms with Crippen molar-refractivity contribution in [2.24, 2.45) is 0 Å². The maximum atomic E-state index is 14.7. The smallest absolute Gasteiger partial charge is 0.265 e. The van der Waals surface area contributed by atoms with E-state index >= 15 is 0 Å². The van der Waals surface area contributed by atoms with Crippen molar-refractivity contribution in [2.45, 2.75) is 24.4 Å². The lowest BCUT2D eigenvalue weighted by atomic mass is 10.2. The number of nitrogens with one attached hydrogen (secondary N) is 1. The zero-order chi connectivity index (χ0) is 24.3. The van der Waals surface area contributed by atoms with Crippen LogP contribution in [0.2, 0.25) is 10.0 Å². The van der Waals surface area contributed by atoms with E-state index in [2.05, 4.69) is 5.32 Å². The summed E-state index contributed by atoms with van der Waals surface area (Å²) in [5.74, 6) is -3.87. The molecule has 1 atom stereocenters. The van der Waals surface area contributed by atoms with Crippen LogP contribution in [-0.4, -0.2) is 20.4 Å². The molecule has 0 aliphatic heterocycles. The van der Waals surface area contributed by atoms with E-state index in [4.69, 9.17) is 23.2 Å². The Morgan fingerprint density at radius 3 is 2.15 bits per heavy atom. The Bertz CT molecular complexity index is 1290.